The molecule has 0 amide bonds. The van der Waals surface area contributed by atoms with Crippen LogP contribution >= 0.6 is 0 Å². The summed E-state index contributed by atoms with van der Waals surface area (Å²) in [6.45, 7) is 1.23. The monoisotopic (exact) mass is 289 g/mol. The molecule has 1 fully saturated rings. The molecule has 0 N–H and O–H groups in total. The normalized spacial score (nSPS) is 19.5. The van der Waals surface area contributed by atoms with E-state index >= 15 is 0 Å². The highest BCUT2D eigenvalue weighted by Crippen LogP contribution is 2.51. The molecule has 1 aliphatic heterocycles. The minimum Gasteiger partial charge on any atom is -0.492 e. The Kier molecular flexibility index (Phi) is 3.84. The molecule has 5 nitrogen and oxygen atoms in total. The lowest BCUT2D eigenvalue weighted by Gasteiger charge is -2.26. The Morgan fingerprint density at radius 3 is 2.67 bits per heavy atom. The van der Waals surface area contributed by atoms with E-state index in [0.29, 0.717) is 30.5 Å². The molecule has 0 aromatic heterocycles. The van der Waals surface area contributed by atoms with Crippen LogP contribution in [0.4, 0.5) is 0 Å². The minimum atomic E-state index is -0.530. The van der Waals surface area contributed by atoms with E-state index in [1.807, 2.05) is 12.1 Å². The fourth-order valence-electron chi connectivity index (χ4n) is 3.27. The third kappa shape index (κ3) is 2.38. The zero-order valence-electron chi connectivity index (χ0n) is 12.2. The average Bonchev–Trinajstić information content (AvgIpc) is 2.84. The molecule has 1 aromatic rings. The van der Waals surface area contributed by atoms with Gasteiger partial charge in [0.2, 0.25) is 11.8 Å². The van der Waals surface area contributed by atoms with Gasteiger partial charge >= 0.3 is 0 Å². The van der Waals surface area contributed by atoms with Crippen molar-refractivity contribution >= 4 is 6.08 Å². The first-order valence-corrected chi connectivity index (χ1v) is 7.37. The molecule has 1 heterocycles. The number of benzene rings is 1. The van der Waals surface area contributed by atoms with Crippen molar-refractivity contribution in [1.29, 1.82) is 0 Å². The van der Waals surface area contributed by atoms with E-state index in [0.717, 1.165) is 37.7 Å². The maximum atomic E-state index is 10.9. The Hall–Kier alpha value is -2.00. The van der Waals surface area contributed by atoms with Crippen LogP contribution in [0.2, 0.25) is 0 Å². The van der Waals surface area contributed by atoms with Crippen LogP contribution in [0.15, 0.2) is 17.1 Å². The first-order valence-electron chi connectivity index (χ1n) is 7.37. The van der Waals surface area contributed by atoms with Gasteiger partial charge in [-0.25, -0.2) is 4.79 Å². The smallest absolute Gasteiger partial charge is 0.235 e. The molecule has 0 spiro atoms. The Balaban J connectivity index is 2.14. The zero-order chi connectivity index (χ0) is 14.7. The van der Waals surface area contributed by atoms with E-state index < -0.39 is 5.54 Å². The highest BCUT2D eigenvalue weighted by atomic mass is 16.5. The molecule has 21 heavy (non-hydrogen) atoms. The number of hydrogen-bond acceptors (Lipinski definition) is 5. The second-order valence-corrected chi connectivity index (χ2v) is 5.47. The van der Waals surface area contributed by atoms with Crippen LogP contribution in [0.1, 0.15) is 37.7 Å². The van der Waals surface area contributed by atoms with Gasteiger partial charge in [-0.05, 0) is 25.0 Å². The summed E-state index contributed by atoms with van der Waals surface area (Å²) in [6, 6.07) is 3.83. The van der Waals surface area contributed by atoms with Gasteiger partial charge in [0.15, 0.2) is 11.5 Å². The van der Waals surface area contributed by atoms with Gasteiger partial charge in [-0.15, -0.1) is 0 Å². The number of carbonyl (C=O) groups excluding carboxylic acids is 1. The molecule has 0 radical (unpaired) electrons. The van der Waals surface area contributed by atoms with Crippen molar-refractivity contribution in [2.45, 2.75) is 37.6 Å². The summed E-state index contributed by atoms with van der Waals surface area (Å²) in [6.07, 6.45) is 6.33. The van der Waals surface area contributed by atoms with Crippen LogP contribution in [0.25, 0.3) is 0 Å². The van der Waals surface area contributed by atoms with Gasteiger partial charge in [0.05, 0.1) is 20.3 Å². The van der Waals surface area contributed by atoms with Gasteiger partial charge in [-0.3, -0.25) is 0 Å². The number of fused-ring (bicyclic) bond motifs is 1. The number of hydrogen-bond donors (Lipinski definition) is 0. The molecular formula is C16H19NO4. The first kappa shape index (κ1) is 14.0. The fourth-order valence-corrected chi connectivity index (χ4v) is 3.27. The predicted octanol–water partition coefficient (Wildman–Crippen LogP) is 2.96. The van der Waals surface area contributed by atoms with Crippen molar-refractivity contribution in [3.63, 3.8) is 0 Å². The maximum absolute atomic E-state index is 10.9. The van der Waals surface area contributed by atoms with Crippen LogP contribution in [-0.4, -0.2) is 26.4 Å². The lowest BCUT2D eigenvalue weighted by Crippen LogP contribution is -2.20. The Morgan fingerprint density at radius 1 is 1.19 bits per heavy atom. The summed E-state index contributed by atoms with van der Waals surface area (Å²) >= 11 is 0. The topological polar surface area (TPSA) is 57.1 Å². The number of aliphatic imine (C=N–C) groups is 1. The van der Waals surface area contributed by atoms with E-state index in [9.17, 15) is 4.79 Å². The van der Waals surface area contributed by atoms with E-state index in [2.05, 4.69) is 4.99 Å². The summed E-state index contributed by atoms with van der Waals surface area (Å²) in [7, 11) is 1.61. The largest absolute Gasteiger partial charge is 0.492 e. The molecule has 5 heteroatoms. The van der Waals surface area contributed by atoms with Crippen LogP contribution in [0.5, 0.6) is 17.2 Å². The molecule has 112 valence electrons. The van der Waals surface area contributed by atoms with Crippen molar-refractivity contribution in [1.82, 2.24) is 0 Å². The lowest BCUT2D eigenvalue weighted by molar-refractivity contribution is 0.286. The SMILES string of the molecule is COc1c(C2(N=C=O)CCCC2)ccc2c1OCCCO2. The highest BCUT2D eigenvalue weighted by Gasteiger charge is 2.39. The second-order valence-electron chi connectivity index (χ2n) is 5.47. The van der Waals surface area contributed by atoms with Gasteiger partial charge in [0, 0.05) is 12.0 Å². The zero-order valence-corrected chi connectivity index (χ0v) is 12.2. The van der Waals surface area contributed by atoms with Crippen LogP contribution in [-0.2, 0) is 10.3 Å². The van der Waals surface area contributed by atoms with E-state index in [-0.39, 0.29) is 0 Å². The summed E-state index contributed by atoms with van der Waals surface area (Å²) in [5.41, 5.74) is 0.368. The quantitative estimate of drug-likeness (QED) is 0.634. The molecular weight excluding hydrogens is 270 g/mol. The van der Waals surface area contributed by atoms with Crippen molar-refractivity contribution < 1.29 is 19.0 Å². The Labute approximate surface area is 123 Å². The summed E-state index contributed by atoms with van der Waals surface area (Å²) in [5, 5.41) is 0. The third-order valence-electron chi connectivity index (χ3n) is 4.26. The highest BCUT2D eigenvalue weighted by molar-refractivity contribution is 5.59. The fraction of sp³-hybridized carbons (Fsp3) is 0.562. The van der Waals surface area contributed by atoms with Crippen LogP contribution < -0.4 is 14.2 Å². The predicted molar refractivity (Wildman–Crippen MR) is 76.9 cm³/mol. The summed E-state index contributed by atoms with van der Waals surface area (Å²) in [4.78, 5) is 15.0. The molecule has 1 saturated carbocycles. The van der Waals surface area contributed by atoms with E-state index in [4.69, 9.17) is 14.2 Å². The first-order chi connectivity index (χ1) is 10.3. The molecule has 0 bridgehead atoms. The Bertz CT molecular complexity index is 572. The van der Waals surface area contributed by atoms with Gasteiger partial charge in [-0.1, -0.05) is 12.8 Å². The summed E-state index contributed by atoms with van der Waals surface area (Å²) in [5.74, 6) is 1.95. The van der Waals surface area contributed by atoms with Gasteiger partial charge in [0.25, 0.3) is 0 Å². The average molecular weight is 289 g/mol. The van der Waals surface area contributed by atoms with E-state index in [1.165, 1.54) is 0 Å². The second kappa shape index (κ2) is 5.78. The van der Waals surface area contributed by atoms with Crippen molar-refractivity contribution in [2.24, 2.45) is 4.99 Å². The number of nitrogens with zero attached hydrogens (tertiary/aromatic N) is 1. The minimum absolute atomic E-state index is 0.530. The van der Waals surface area contributed by atoms with Crippen molar-refractivity contribution in [3.05, 3.63) is 17.7 Å². The lowest BCUT2D eigenvalue weighted by atomic mass is 9.87. The molecule has 1 aromatic carbocycles. The Morgan fingerprint density at radius 2 is 1.95 bits per heavy atom. The molecule has 2 aliphatic rings. The summed E-state index contributed by atoms with van der Waals surface area (Å²) < 4.78 is 17.1. The standard InChI is InChI=1S/C16H19NO4/c1-19-14-12(16(17-11-18)7-2-3-8-16)5-6-13-15(14)21-10-4-9-20-13/h5-6H,2-4,7-10H2,1H3. The molecule has 1 aliphatic carbocycles. The van der Waals surface area contributed by atoms with Crippen LogP contribution in [0.3, 0.4) is 0 Å². The van der Waals surface area contributed by atoms with Crippen molar-refractivity contribution in [3.8, 4) is 17.2 Å². The van der Waals surface area contributed by atoms with Crippen LogP contribution in [0, 0.1) is 0 Å². The number of isocyanates is 1. The molecule has 3 rings (SSSR count). The molecule has 0 unspecified atom stereocenters. The molecule has 0 atom stereocenters. The van der Waals surface area contributed by atoms with Gasteiger partial charge in [-0.2, -0.15) is 4.99 Å². The third-order valence-corrected chi connectivity index (χ3v) is 4.26. The number of ether oxygens (including phenoxy) is 3. The molecule has 0 saturated heterocycles. The maximum Gasteiger partial charge on any atom is 0.235 e. The van der Waals surface area contributed by atoms with Gasteiger partial charge in [0.1, 0.15) is 5.54 Å². The van der Waals surface area contributed by atoms with E-state index in [1.54, 1.807) is 13.2 Å². The number of methoxy groups -OCH3 is 1. The van der Waals surface area contributed by atoms with Gasteiger partial charge < -0.3 is 14.2 Å². The number of rotatable bonds is 3. The van der Waals surface area contributed by atoms with Crippen molar-refractivity contribution in [2.75, 3.05) is 20.3 Å².